The Kier molecular flexibility index (Phi) is 3.85. The molecule has 17 heavy (non-hydrogen) atoms. The summed E-state index contributed by atoms with van der Waals surface area (Å²) in [5.74, 6) is 0. The van der Waals surface area contributed by atoms with Gasteiger partial charge in [-0.2, -0.15) is 0 Å². The van der Waals surface area contributed by atoms with Gasteiger partial charge in [0, 0.05) is 19.8 Å². The summed E-state index contributed by atoms with van der Waals surface area (Å²) in [4.78, 5) is 2.12. The fourth-order valence-corrected chi connectivity index (χ4v) is 2.36. The van der Waals surface area contributed by atoms with Crippen molar-refractivity contribution in [1.82, 2.24) is 0 Å². The maximum absolute atomic E-state index is 6.35. The molecule has 0 saturated heterocycles. The maximum Gasteiger partial charge on any atom is 0.0511 e. The standard InChI is InChI=1S/C15H22N2/c1-17(2)14-10-6-9-13(11-14)15(16)12-7-4-3-5-8-12/h6-7,9-11,15H,3-5,8,16H2,1-2H3. The van der Waals surface area contributed by atoms with Crippen LogP contribution in [0.1, 0.15) is 37.3 Å². The average Bonchev–Trinajstić information content (AvgIpc) is 2.39. The van der Waals surface area contributed by atoms with Gasteiger partial charge >= 0.3 is 0 Å². The minimum atomic E-state index is 0.0789. The van der Waals surface area contributed by atoms with E-state index < -0.39 is 0 Å². The predicted molar refractivity (Wildman–Crippen MR) is 74.2 cm³/mol. The van der Waals surface area contributed by atoms with Gasteiger partial charge < -0.3 is 10.6 Å². The Morgan fingerprint density at radius 1 is 1.24 bits per heavy atom. The van der Waals surface area contributed by atoms with Crippen LogP contribution in [0.25, 0.3) is 0 Å². The lowest BCUT2D eigenvalue weighted by Crippen LogP contribution is -2.16. The molecule has 0 aromatic heterocycles. The van der Waals surface area contributed by atoms with Gasteiger partial charge in [-0.15, -0.1) is 0 Å². The molecule has 0 radical (unpaired) electrons. The number of hydrogen-bond acceptors (Lipinski definition) is 2. The zero-order chi connectivity index (χ0) is 12.3. The molecule has 1 atom stereocenters. The summed E-state index contributed by atoms with van der Waals surface area (Å²) in [6.07, 6.45) is 7.28. The van der Waals surface area contributed by atoms with Crippen LogP contribution >= 0.6 is 0 Å². The van der Waals surface area contributed by atoms with Crippen molar-refractivity contribution in [1.29, 1.82) is 0 Å². The third-order valence-electron chi connectivity index (χ3n) is 3.47. The number of rotatable bonds is 3. The highest BCUT2D eigenvalue weighted by Crippen LogP contribution is 2.29. The van der Waals surface area contributed by atoms with Gasteiger partial charge in [0.25, 0.3) is 0 Å². The van der Waals surface area contributed by atoms with Crippen LogP contribution in [0.5, 0.6) is 0 Å². The van der Waals surface area contributed by atoms with Crippen molar-refractivity contribution in [3.8, 4) is 0 Å². The van der Waals surface area contributed by atoms with Crippen LogP contribution in [0.2, 0.25) is 0 Å². The topological polar surface area (TPSA) is 29.3 Å². The van der Waals surface area contributed by atoms with Gasteiger partial charge in [0.05, 0.1) is 6.04 Å². The normalized spacial score (nSPS) is 17.5. The highest BCUT2D eigenvalue weighted by molar-refractivity contribution is 5.49. The molecule has 0 saturated carbocycles. The van der Waals surface area contributed by atoms with Crippen molar-refractivity contribution in [3.63, 3.8) is 0 Å². The number of benzene rings is 1. The van der Waals surface area contributed by atoms with Gasteiger partial charge in [0.2, 0.25) is 0 Å². The molecule has 0 amide bonds. The monoisotopic (exact) mass is 230 g/mol. The molecule has 0 spiro atoms. The fourth-order valence-electron chi connectivity index (χ4n) is 2.36. The first-order valence-electron chi connectivity index (χ1n) is 6.40. The first-order chi connectivity index (χ1) is 8.18. The zero-order valence-corrected chi connectivity index (χ0v) is 10.8. The van der Waals surface area contributed by atoms with E-state index in [1.807, 2.05) is 0 Å². The van der Waals surface area contributed by atoms with E-state index in [0.29, 0.717) is 0 Å². The Bertz CT molecular complexity index is 407. The Labute approximate surface area is 104 Å². The number of hydrogen-bond donors (Lipinski definition) is 1. The zero-order valence-electron chi connectivity index (χ0n) is 10.8. The van der Waals surface area contributed by atoms with Crippen molar-refractivity contribution in [2.45, 2.75) is 31.7 Å². The summed E-state index contributed by atoms with van der Waals surface area (Å²) in [6, 6.07) is 8.61. The van der Waals surface area contributed by atoms with Gasteiger partial charge in [-0.05, 0) is 43.4 Å². The first kappa shape index (κ1) is 12.2. The van der Waals surface area contributed by atoms with Gasteiger partial charge in [0.15, 0.2) is 0 Å². The molecule has 1 aromatic rings. The van der Waals surface area contributed by atoms with Gasteiger partial charge in [-0.25, -0.2) is 0 Å². The molecule has 2 N–H and O–H groups in total. The van der Waals surface area contributed by atoms with E-state index in [1.54, 1.807) is 0 Å². The Hall–Kier alpha value is -1.28. The van der Waals surface area contributed by atoms with E-state index in [2.05, 4.69) is 49.3 Å². The fraction of sp³-hybridized carbons (Fsp3) is 0.467. The maximum atomic E-state index is 6.35. The quantitative estimate of drug-likeness (QED) is 0.808. The Morgan fingerprint density at radius 2 is 2.06 bits per heavy atom. The second-order valence-corrected chi connectivity index (χ2v) is 4.99. The summed E-state index contributed by atoms with van der Waals surface area (Å²) >= 11 is 0. The first-order valence-corrected chi connectivity index (χ1v) is 6.40. The van der Waals surface area contributed by atoms with Crippen LogP contribution < -0.4 is 10.6 Å². The van der Waals surface area contributed by atoms with Crippen molar-refractivity contribution in [3.05, 3.63) is 41.5 Å². The summed E-state index contributed by atoms with van der Waals surface area (Å²) < 4.78 is 0. The van der Waals surface area contributed by atoms with Crippen LogP contribution in [0.3, 0.4) is 0 Å². The van der Waals surface area contributed by atoms with Crippen molar-refractivity contribution in [2.24, 2.45) is 5.73 Å². The van der Waals surface area contributed by atoms with E-state index >= 15 is 0 Å². The third-order valence-corrected chi connectivity index (χ3v) is 3.47. The predicted octanol–water partition coefficient (Wildman–Crippen LogP) is 3.25. The summed E-state index contributed by atoms with van der Waals surface area (Å²) in [5.41, 5.74) is 10.2. The Balaban J connectivity index is 2.21. The molecular formula is C15H22N2. The van der Waals surface area contributed by atoms with Crippen LogP contribution in [0.15, 0.2) is 35.9 Å². The molecule has 92 valence electrons. The van der Waals surface area contributed by atoms with E-state index in [1.165, 1.54) is 36.1 Å². The highest BCUT2D eigenvalue weighted by Gasteiger charge is 2.14. The minimum Gasteiger partial charge on any atom is -0.378 e. The molecule has 1 aromatic carbocycles. The molecule has 0 bridgehead atoms. The molecule has 1 aliphatic carbocycles. The number of nitrogens with zero attached hydrogens (tertiary/aromatic N) is 1. The molecule has 1 aliphatic rings. The van der Waals surface area contributed by atoms with E-state index in [0.717, 1.165) is 6.42 Å². The largest absolute Gasteiger partial charge is 0.378 e. The van der Waals surface area contributed by atoms with Gasteiger partial charge in [-0.3, -0.25) is 0 Å². The lowest BCUT2D eigenvalue weighted by molar-refractivity contribution is 0.648. The second-order valence-electron chi connectivity index (χ2n) is 4.99. The van der Waals surface area contributed by atoms with E-state index in [-0.39, 0.29) is 6.04 Å². The smallest absolute Gasteiger partial charge is 0.0511 e. The summed E-state index contributed by atoms with van der Waals surface area (Å²) in [5, 5.41) is 0. The van der Waals surface area contributed by atoms with Crippen LogP contribution in [0.4, 0.5) is 5.69 Å². The lowest BCUT2D eigenvalue weighted by atomic mass is 9.90. The van der Waals surface area contributed by atoms with Crippen LogP contribution in [0, 0.1) is 0 Å². The lowest BCUT2D eigenvalue weighted by Gasteiger charge is -2.21. The number of nitrogens with two attached hydrogens (primary N) is 1. The van der Waals surface area contributed by atoms with E-state index in [4.69, 9.17) is 5.73 Å². The molecule has 0 fully saturated rings. The second kappa shape index (κ2) is 5.37. The molecule has 2 rings (SSSR count). The SMILES string of the molecule is CN(C)c1cccc(C(N)C2=CCCCC2)c1. The molecular weight excluding hydrogens is 208 g/mol. The molecule has 2 heteroatoms. The van der Waals surface area contributed by atoms with Crippen molar-refractivity contribution < 1.29 is 0 Å². The van der Waals surface area contributed by atoms with Crippen LogP contribution in [-0.4, -0.2) is 14.1 Å². The number of anilines is 1. The number of allylic oxidation sites excluding steroid dienone is 1. The van der Waals surface area contributed by atoms with Gasteiger partial charge in [-0.1, -0.05) is 23.8 Å². The highest BCUT2D eigenvalue weighted by atomic mass is 15.1. The molecule has 0 heterocycles. The summed E-state index contributed by atoms with van der Waals surface area (Å²) in [6.45, 7) is 0. The van der Waals surface area contributed by atoms with Gasteiger partial charge in [0.1, 0.15) is 0 Å². The van der Waals surface area contributed by atoms with Crippen molar-refractivity contribution >= 4 is 5.69 Å². The Morgan fingerprint density at radius 3 is 2.71 bits per heavy atom. The molecule has 2 nitrogen and oxygen atoms in total. The molecule has 1 unspecified atom stereocenters. The van der Waals surface area contributed by atoms with Crippen LogP contribution in [-0.2, 0) is 0 Å². The third kappa shape index (κ3) is 2.89. The minimum absolute atomic E-state index is 0.0789. The molecule has 0 aliphatic heterocycles. The van der Waals surface area contributed by atoms with Crippen molar-refractivity contribution in [2.75, 3.05) is 19.0 Å². The average molecular weight is 230 g/mol. The van der Waals surface area contributed by atoms with E-state index in [9.17, 15) is 0 Å². The summed E-state index contributed by atoms with van der Waals surface area (Å²) in [7, 11) is 4.12.